The molecule has 2 aliphatic rings. The van der Waals surface area contributed by atoms with Crippen LogP contribution in [0.25, 0.3) is 5.57 Å². The Hall–Kier alpha value is -3.48. The minimum absolute atomic E-state index is 0.317. The van der Waals surface area contributed by atoms with Crippen molar-refractivity contribution in [2.45, 2.75) is 19.8 Å². The van der Waals surface area contributed by atoms with Crippen molar-refractivity contribution in [3.63, 3.8) is 0 Å². The number of piperidine rings is 1. The number of hydrogen-bond donors (Lipinski definition) is 0. The van der Waals surface area contributed by atoms with Crippen molar-refractivity contribution >= 4 is 23.1 Å². The van der Waals surface area contributed by atoms with Crippen LogP contribution in [0.3, 0.4) is 0 Å². The number of hydrogen-bond acceptors (Lipinski definition) is 6. The highest BCUT2D eigenvalue weighted by Gasteiger charge is 2.43. The molecule has 1 fully saturated rings. The Balaban J connectivity index is 1.83. The average Bonchev–Trinajstić information content (AvgIpc) is 3.09. The highest BCUT2D eigenvalue weighted by atomic mass is 16.5. The fraction of sp³-hybridized carbons (Fsp3) is 0.360. The number of carbonyl (C=O) groups excluding carboxylic acids is 2. The average molecular weight is 437 g/mol. The van der Waals surface area contributed by atoms with Crippen molar-refractivity contribution in [1.82, 2.24) is 4.90 Å². The van der Waals surface area contributed by atoms with Gasteiger partial charge in [-0.1, -0.05) is 19.1 Å². The van der Waals surface area contributed by atoms with Gasteiger partial charge in [-0.15, -0.1) is 0 Å². The van der Waals surface area contributed by atoms with Crippen LogP contribution in [0.2, 0.25) is 0 Å². The number of anilines is 1. The van der Waals surface area contributed by atoms with E-state index in [2.05, 4.69) is 6.92 Å². The lowest BCUT2D eigenvalue weighted by Gasteiger charge is -2.32. The van der Waals surface area contributed by atoms with Gasteiger partial charge in [-0.3, -0.25) is 9.59 Å². The third kappa shape index (κ3) is 3.79. The van der Waals surface area contributed by atoms with Gasteiger partial charge in [0.25, 0.3) is 11.8 Å². The van der Waals surface area contributed by atoms with E-state index in [0.29, 0.717) is 45.7 Å². The van der Waals surface area contributed by atoms with E-state index in [1.165, 1.54) is 4.90 Å². The van der Waals surface area contributed by atoms with Crippen LogP contribution in [0.15, 0.2) is 48.2 Å². The summed E-state index contributed by atoms with van der Waals surface area (Å²) >= 11 is 0. The van der Waals surface area contributed by atoms with Gasteiger partial charge in [0.2, 0.25) is 0 Å². The zero-order valence-corrected chi connectivity index (χ0v) is 18.9. The molecule has 0 aromatic heterocycles. The summed E-state index contributed by atoms with van der Waals surface area (Å²) in [7, 11) is 4.67. The van der Waals surface area contributed by atoms with E-state index in [-0.39, 0.29) is 11.8 Å². The Bertz CT molecular complexity index is 1070. The molecular weight excluding hydrogens is 408 g/mol. The highest BCUT2D eigenvalue weighted by molar-refractivity contribution is 6.45. The van der Waals surface area contributed by atoms with Crippen LogP contribution >= 0.6 is 0 Å². The number of ether oxygens (including phenoxy) is 3. The van der Waals surface area contributed by atoms with Gasteiger partial charge in [0, 0.05) is 19.2 Å². The molecule has 32 heavy (non-hydrogen) atoms. The van der Waals surface area contributed by atoms with Gasteiger partial charge in [0.05, 0.1) is 32.6 Å². The molecule has 7 nitrogen and oxygen atoms in total. The first-order chi connectivity index (χ1) is 15.5. The Morgan fingerprint density at radius 2 is 1.56 bits per heavy atom. The molecule has 2 aromatic carbocycles. The molecule has 7 heteroatoms. The Morgan fingerprint density at radius 1 is 0.844 bits per heavy atom. The van der Waals surface area contributed by atoms with Gasteiger partial charge >= 0.3 is 0 Å². The largest absolute Gasteiger partial charge is 0.497 e. The van der Waals surface area contributed by atoms with Gasteiger partial charge in [-0.2, -0.15) is 0 Å². The molecule has 0 radical (unpaired) electrons. The quantitative estimate of drug-likeness (QED) is 0.643. The smallest absolute Gasteiger partial charge is 0.282 e. The molecule has 2 aliphatic heterocycles. The molecule has 0 N–H and O–H groups in total. The topological polar surface area (TPSA) is 68.3 Å². The SMILES string of the molecule is COc1cccc(N2C(=O)C(c3ccc(OC)c(OC)c3)=C(N3CCC(C)CC3)C2=O)c1. The minimum Gasteiger partial charge on any atom is -0.497 e. The molecule has 0 unspecified atom stereocenters. The van der Waals surface area contributed by atoms with Crippen molar-refractivity contribution in [1.29, 1.82) is 0 Å². The number of nitrogens with zero attached hydrogens (tertiary/aromatic N) is 2. The van der Waals surface area contributed by atoms with Crippen molar-refractivity contribution in [2.24, 2.45) is 5.92 Å². The summed E-state index contributed by atoms with van der Waals surface area (Å²) < 4.78 is 16.1. The molecule has 0 atom stereocenters. The fourth-order valence-corrected chi connectivity index (χ4v) is 4.28. The van der Waals surface area contributed by atoms with Gasteiger partial charge in [0.1, 0.15) is 11.4 Å². The first-order valence-electron chi connectivity index (χ1n) is 10.7. The summed E-state index contributed by atoms with van der Waals surface area (Å²) in [4.78, 5) is 30.6. The highest BCUT2D eigenvalue weighted by Crippen LogP contribution is 2.39. The minimum atomic E-state index is -0.357. The Kier molecular flexibility index (Phi) is 6.08. The first kappa shape index (κ1) is 21.7. The normalized spacial score (nSPS) is 17.2. The molecule has 0 aliphatic carbocycles. The molecular formula is C25H28N2O5. The van der Waals surface area contributed by atoms with E-state index in [1.54, 1.807) is 63.8 Å². The molecule has 1 saturated heterocycles. The maximum absolute atomic E-state index is 13.7. The third-order valence-electron chi connectivity index (χ3n) is 6.14. The van der Waals surface area contributed by atoms with E-state index >= 15 is 0 Å². The number of rotatable bonds is 6. The van der Waals surface area contributed by atoms with Gasteiger partial charge < -0.3 is 19.1 Å². The third-order valence-corrected chi connectivity index (χ3v) is 6.14. The lowest BCUT2D eigenvalue weighted by molar-refractivity contribution is -0.120. The number of amides is 2. The van der Waals surface area contributed by atoms with Crippen LogP contribution in [-0.4, -0.2) is 51.1 Å². The summed E-state index contributed by atoms with van der Waals surface area (Å²) in [5.74, 6) is 1.57. The monoisotopic (exact) mass is 436 g/mol. The van der Waals surface area contributed by atoms with E-state index < -0.39 is 0 Å². The molecule has 0 spiro atoms. The van der Waals surface area contributed by atoms with Crippen LogP contribution < -0.4 is 19.1 Å². The summed E-state index contributed by atoms with van der Waals surface area (Å²) in [6.45, 7) is 3.68. The molecule has 168 valence electrons. The zero-order valence-electron chi connectivity index (χ0n) is 18.9. The second kappa shape index (κ2) is 8.94. The first-order valence-corrected chi connectivity index (χ1v) is 10.7. The number of imide groups is 1. The zero-order chi connectivity index (χ0) is 22.8. The molecule has 2 heterocycles. The summed E-state index contributed by atoms with van der Waals surface area (Å²) in [5.41, 5.74) is 1.93. The van der Waals surface area contributed by atoms with E-state index in [1.807, 2.05) is 4.90 Å². The van der Waals surface area contributed by atoms with Crippen LogP contribution in [0.4, 0.5) is 5.69 Å². The van der Waals surface area contributed by atoms with E-state index in [0.717, 1.165) is 25.9 Å². The van der Waals surface area contributed by atoms with Crippen molar-refractivity contribution in [2.75, 3.05) is 39.3 Å². The van der Waals surface area contributed by atoms with E-state index in [9.17, 15) is 9.59 Å². The molecule has 2 aromatic rings. The van der Waals surface area contributed by atoms with Crippen molar-refractivity contribution in [3.8, 4) is 17.2 Å². The van der Waals surface area contributed by atoms with Crippen molar-refractivity contribution < 1.29 is 23.8 Å². The van der Waals surface area contributed by atoms with Crippen LogP contribution in [0.5, 0.6) is 17.2 Å². The maximum atomic E-state index is 13.7. The van der Waals surface area contributed by atoms with Crippen molar-refractivity contribution in [3.05, 3.63) is 53.7 Å². The molecule has 0 bridgehead atoms. The second-order valence-electron chi connectivity index (χ2n) is 8.11. The predicted octanol–water partition coefficient (Wildman–Crippen LogP) is 3.73. The van der Waals surface area contributed by atoms with Crippen LogP contribution in [-0.2, 0) is 9.59 Å². The molecule has 2 amide bonds. The summed E-state index contributed by atoms with van der Waals surface area (Å²) in [6.07, 6.45) is 1.95. The number of benzene rings is 2. The lowest BCUT2D eigenvalue weighted by Crippen LogP contribution is -2.38. The van der Waals surface area contributed by atoms with Crippen LogP contribution in [0.1, 0.15) is 25.3 Å². The Labute approximate surface area is 188 Å². The Morgan fingerprint density at radius 3 is 2.22 bits per heavy atom. The van der Waals surface area contributed by atoms with Gasteiger partial charge in [-0.25, -0.2) is 4.90 Å². The summed E-state index contributed by atoms with van der Waals surface area (Å²) in [6, 6.07) is 12.3. The predicted molar refractivity (Wildman–Crippen MR) is 122 cm³/mol. The second-order valence-corrected chi connectivity index (χ2v) is 8.11. The van der Waals surface area contributed by atoms with Crippen LogP contribution in [0, 0.1) is 5.92 Å². The number of likely N-dealkylation sites (tertiary alicyclic amines) is 1. The molecule has 4 rings (SSSR count). The number of methoxy groups -OCH3 is 3. The molecule has 0 saturated carbocycles. The van der Waals surface area contributed by atoms with E-state index in [4.69, 9.17) is 14.2 Å². The fourth-order valence-electron chi connectivity index (χ4n) is 4.28. The maximum Gasteiger partial charge on any atom is 0.282 e. The summed E-state index contributed by atoms with van der Waals surface area (Å²) in [5, 5.41) is 0. The van der Waals surface area contributed by atoms with Gasteiger partial charge in [0.15, 0.2) is 11.5 Å². The number of carbonyl (C=O) groups is 2. The lowest BCUT2D eigenvalue weighted by atomic mass is 9.97. The van der Waals surface area contributed by atoms with Gasteiger partial charge in [-0.05, 0) is 48.6 Å². The standard InChI is InChI=1S/C25H28N2O5/c1-16-10-12-26(13-11-16)23-22(17-8-9-20(31-3)21(14-17)32-4)24(28)27(25(23)29)18-6-5-7-19(15-18)30-2/h5-9,14-16H,10-13H2,1-4H3.